The molecule has 0 N–H and O–H groups in total. The molecule has 0 aromatic rings. The van der Waals surface area contributed by atoms with Crippen molar-refractivity contribution in [3.05, 3.63) is 146 Å². The van der Waals surface area contributed by atoms with Gasteiger partial charge in [0, 0.05) is 19.3 Å². The Morgan fingerprint density at radius 1 is 0.256 bits per heavy atom. The second kappa shape index (κ2) is 68.8. The number of allylic oxidation sites excluding steroid dienone is 24. The number of hydrogen-bond donors (Lipinski definition) is 0. The van der Waals surface area contributed by atoms with Gasteiger partial charge in [-0.25, -0.2) is 0 Å². The highest BCUT2D eigenvalue weighted by molar-refractivity contribution is 5.71. The van der Waals surface area contributed by atoms with E-state index in [1.165, 1.54) is 128 Å². The van der Waals surface area contributed by atoms with E-state index >= 15 is 0 Å². The summed E-state index contributed by atoms with van der Waals surface area (Å²) in [6, 6.07) is 0. The fourth-order valence-electron chi connectivity index (χ4n) is 9.08. The van der Waals surface area contributed by atoms with Crippen LogP contribution >= 0.6 is 0 Å². The van der Waals surface area contributed by atoms with Crippen molar-refractivity contribution in [2.75, 3.05) is 13.2 Å². The molecule has 1 unspecified atom stereocenters. The largest absolute Gasteiger partial charge is 0.462 e. The molecule has 0 saturated carbocycles. The van der Waals surface area contributed by atoms with Gasteiger partial charge in [-0.05, 0) is 128 Å². The molecule has 6 heteroatoms. The minimum Gasteiger partial charge on any atom is -0.462 e. The second-order valence-corrected chi connectivity index (χ2v) is 22.0. The molecule has 0 aromatic heterocycles. The molecule has 0 aliphatic rings. The minimum atomic E-state index is -0.829. The van der Waals surface area contributed by atoms with E-state index < -0.39 is 12.1 Å². The fourth-order valence-corrected chi connectivity index (χ4v) is 9.08. The topological polar surface area (TPSA) is 78.9 Å². The zero-order valence-electron chi connectivity index (χ0n) is 53.2. The van der Waals surface area contributed by atoms with Crippen molar-refractivity contribution >= 4 is 17.9 Å². The van der Waals surface area contributed by atoms with Crippen LogP contribution in [0.5, 0.6) is 0 Å². The molecule has 464 valence electrons. The van der Waals surface area contributed by atoms with Gasteiger partial charge in [0.25, 0.3) is 0 Å². The lowest BCUT2D eigenvalue weighted by Gasteiger charge is -2.18. The SMILES string of the molecule is CC/C=C\C/C=C\C/C=C\C/C=C\C/C=C\C/C=C\CCC(=O)OC(COC(=O)CCCCCCC/C=C\CCCCCCCCC)COC(=O)CCCCCCCCCCCCCCC/C=C\C/C=C\C/C=C\C/C=C\C/C=C\CC. The molecule has 0 fully saturated rings. The summed E-state index contributed by atoms with van der Waals surface area (Å²) in [7, 11) is 0. The van der Waals surface area contributed by atoms with E-state index in [1.54, 1.807) is 0 Å². The molecule has 0 rings (SSSR count). The summed E-state index contributed by atoms with van der Waals surface area (Å²) >= 11 is 0. The Morgan fingerprint density at radius 2 is 0.500 bits per heavy atom. The molecule has 6 nitrogen and oxygen atoms in total. The number of hydrogen-bond acceptors (Lipinski definition) is 6. The molecular formula is C76H124O6. The van der Waals surface area contributed by atoms with Crippen molar-refractivity contribution in [1.29, 1.82) is 0 Å². The smallest absolute Gasteiger partial charge is 0.306 e. The average Bonchev–Trinajstić information content (AvgIpc) is 3.47. The summed E-state index contributed by atoms with van der Waals surface area (Å²) < 4.78 is 16.9. The van der Waals surface area contributed by atoms with Crippen LogP contribution in [0.1, 0.15) is 297 Å². The Kier molecular flexibility index (Phi) is 64.8. The van der Waals surface area contributed by atoms with Gasteiger partial charge in [0.2, 0.25) is 0 Å². The zero-order valence-corrected chi connectivity index (χ0v) is 53.2. The van der Waals surface area contributed by atoms with E-state index in [-0.39, 0.29) is 31.6 Å². The maximum Gasteiger partial charge on any atom is 0.306 e. The first kappa shape index (κ1) is 77.3. The van der Waals surface area contributed by atoms with Crippen LogP contribution in [-0.2, 0) is 28.6 Å². The molecule has 0 saturated heterocycles. The van der Waals surface area contributed by atoms with Gasteiger partial charge in [-0.15, -0.1) is 0 Å². The van der Waals surface area contributed by atoms with Crippen molar-refractivity contribution in [1.82, 2.24) is 0 Å². The van der Waals surface area contributed by atoms with Crippen LogP contribution in [0.2, 0.25) is 0 Å². The predicted molar refractivity (Wildman–Crippen MR) is 357 cm³/mol. The number of carbonyl (C=O) groups excluding carboxylic acids is 3. The molecule has 82 heavy (non-hydrogen) atoms. The quantitative estimate of drug-likeness (QED) is 0.0261. The summed E-state index contributed by atoms with van der Waals surface area (Å²) in [5.74, 6) is -1.01. The van der Waals surface area contributed by atoms with E-state index in [0.29, 0.717) is 19.3 Å². The highest BCUT2D eigenvalue weighted by atomic mass is 16.6. The molecule has 0 bridgehead atoms. The lowest BCUT2D eigenvalue weighted by atomic mass is 10.0. The third-order valence-corrected chi connectivity index (χ3v) is 14.1. The Hall–Kier alpha value is -4.71. The van der Waals surface area contributed by atoms with Gasteiger partial charge in [0.1, 0.15) is 13.2 Å². The van der Waals surface area contributed by atoms with Crippen LogP contribution in [-0.4, -0.2) is 37.2 Å². The fraction of sp³-hybridized carbons (Fsp3) is 0.645. The molecule has 0 spiro atoms. The minimum absolute atomic E-state index is 0.115. The Bertz CT molecular complexity index is 1780. The number of esters is 3. The number of ether oxygens (including phenoxy) is 3. The lowest BCUT2D eigenvalue weighted by Crippen LogP contribution is -2.30. The lowest BCUT2D eigenvalue weighted by molar-refractivity contribution is -0.166. The Labute approximate surface area is 506 Å². The highest BCUT2D eigenvalue weighted by Crippen LogP contribution is 2.16. The molecule has 0 aromatic carbocycles. The Balaban J connectivity index is 4.41. The maximum atomic E-state index is 12.9. The van der Waals surface area contributed by atoms with Gasteiger partial charge in [-0.2, -0.15) is 0 Å². The molecule has 0 radical (unpaired) electrons. The summed E-state index contributed by atoms with van der Waals surface area (Å²) in [4.78, 5) is 38.4. The molecule has 0 amide bonds. The van der Waals surface area contributed by atoms with Gasteiger partial charge in [-0.3, -0.25) is 14.4 Å². The van der Waals surface area contributed by atoms with E-state index in [0.717, 1.165) is 122 Å². The number of carbonyl (C=O) groups is 3. The molecular weight excluding hydrogens is 1010 g/mol. The average molecular weight is 1130 g/mol. The van der Waals surface area contributed by atoms with Crippen LogP contribution in [0.3, 0.4) is 0 Å². The second-order valence-electron chi connectivity index (χ2n) is 22.0. The summed E-state index contributed by atoms with van der Waals surface area (Å²) in [6.45, 7) is 6.36. The van der Waals surface area contributed by atoms with Crippen LogP contribution in [0.25, 0.3) is 0 Å². The van der Waals surface area contributed by atoms with Crippen molar-refractivity contribution in [2.24, 2.45) is 0 Å². The third kappa shape index (κ3) is 66.1. The van der Waals surface area contributed by atoms with Crippen molar-refractivity contribution in [2.45, 2.75) is 303 Å². The van der Waals surface area contributed by atoms with Crippen LogP contribution < -0.4 is 0 Å². The number of unbranched alkanes of at least 4 members (excludes halogenated alkanes) is 25. The molecule has 1 atom stereocenters. The van der Waals surface area contributed by atoms with Gasteiger partial charge in [0.05, 0.1) is 0 Å². The van der Waals surface area contributed by atoms with Gasteiger partial charge in [-0.1, -0.05) is 295 Å². The molecule has 0 aliphatic heterocycles. The van der Waals surface area contributed by atoms with Crippen LogP contribution in [0, 0.1) is 0 Å². The first-order valence-electron chi connectivity index (χ1n) is 33.8. The van der Waals surface area contributed by atoms with Gasteiger partial charge < -0.3 is 14.2 Å². The van der Waals surface area contributed by atoms with Gasteiger partial charge >= 0.3 is 17.9 Å². The maximum absolute atomic E-state index is 12.9. The standard InChI is InChI=1S/C76H124O6/c1-4-7-10-13-16-19-22-25-28-31-33-34-35-36-37-38-39-40-41-42-44-45-48-51-54-57-60-63-66-69-75(78)81-72-73(71-80-74(77)68-65-62-59-56-53-50-47-30-27-24-21-18-15-12-9-6-3)82-76(79)70-67-64-61-58-55-52-49-46-43-32-29-26-23-20-17-14-11-8-5-2/h7-8,10-11,16-17,19-20,25-26,28-30,33-34,36-37,43,46-47,52,55,61,64,73H,4-6,9,12-15,18,21-24,27,31-32,35,38-42,44-45,48-51,53-54,56-60,62-63,65-72H2,1-3H3/b10-7-,11-8-,19-16-,20-17-,28-25-,29-26-,34-33-,37-36-,46-43-,47-30-,55-52-,64-61-. The van der Waals surface area contributed by atoms with Crippen LogP contribution in [0.4, 0.5) is 0 Å². The summed E-state index contributed by atoms with van der Waals surface area (Å²) in [6.07, 6.45) is 98.7. The van der Waals surface area contributed by atoms with Crippen molar-refractivity contribution in [3.8, 4) is 0 Å². The first-order valence-corrected chi connectivity index (χ1v) is 33.8. The number of rotatable bonds is 60. The monoisotopic (exact) mass is 1130 g/mol. The normalized spacial score (nSPS) is 13.1. The van der Waals surface area contributed by atoms with E-state index in [2.05, 4.69) is 161 Å². The molecule has 0 heterocycles. The zero-order chi connectivity index (χ0) is 59.2. The highest BCUT2D eigenvalue weighted by Gasteiger charge is 2.19. The summed E-state index contributed by atoms with van der Waals surface area (Å²) in [5.41, 5.74) is 0. The van der Waals surface area contributed by atoms with Crippen molar-refractivity contribution in [3.63, 3.8) is 0 Å². The van der Waals surface area contributed by atoms with E-state index in [9.17, 15) is 14.4 Å². The molecule has 0 aliphatic carbocycles. The predicted octanol–water partition coefficient (Wildman–Crippen LogP) is 23.5. The van der Waals surface area contributed by atoms with Crippen molar-refractivity contribution < 1.29 is 28.6 Å². The van der Waals surface area contributed by atoms with E-state index in [4.69, 9.17) is 14.2 Å². The Morgan fingerprint density at radius 3 is 0.805 bits per heavy atom. The third-order valence-electron chi connectivity index (χ3n) is 14.1. The van der Waals surface area contributed by atoms with Crippen LogP contribution in [0.15, 0.2) is 146 Å². The van der Waals surface area contributed by atoms with Gasteiger partial charge in [0.15, 0.2) is 6.10 Å². The first-order chi connectivity index (χ1) is 40.5. The van der Waals surface area contributed by atoms with E-state index in [1.807, 2.05) is 6.08 Å². The summed E-state index contributed by atoms with van der Waals surface area (Å²) in [5, 5.41) is 0.